The average Bonchev–Trinajstić information content (AvgIpc) is 2.95. The number of carbonyl (C=O) groups excluding carboxylic acids is 4. The molecule has 246 valence electrons. The number of ether oxygens (including phenoxy) is 2. The van der Waals surface area contributed by atoms with E-state index in [9.17, 15) is 24.3 Å². The first-order valence-corrected chi connectivity index (χ1v) is 15.2. The minimum absolute atomic E-state index is 0.114. The van der Waals surface area contributed by atoms with E-state index in [4.69, 9.17) is 9.47 Å². The minimum atomic E-state index is -1.29. The maximum Gasteiger partial charge on any atom is 0.408 e. The van der Waals surface area contributed by atoms with Crippen molar-refractivity contribution in [2.45, 2.75) is 83.7 Å². The van der Waals surface area contributed by atoms with Gasteiger partial charge in [-0.2, -0.15) is 0 Å². The average molecular weight is 632 g/mol. The monoisotopic (exact) mass is 631 g/mol. The standard InChI is InChI=1S/C36H45N3O7/c1-35(2,3)45-33(43)29(22-25-17-12-9-13-18-25)37-31(41)30(26-19-14-20-27(40)23-26)39(7)32(42)28(21-24-15-10-8-11-16-24)38-34(44)46-36(4,5)6/h8-20,23,28-30,40H,21-22H2,1-7H3,(H,37,41)(H,38,44). The normalized spacial score (nSPS) is 13.5. The van der Waals surface area contributed by atoms with Crippen molar-refractivity contribution in [3.8, 4) is 5.75 Å². The van der Waals surface area contributed by atoms with Crippen molar-refractivity contribution in [3.63, 3.8) is 0 Å². The zero-order valence-electron chi connectivity index (χ0n) is 27.6. The van der Waals surface area contributed by atoms with Crippen LogP contribution in [0.5, 0.6) is 5.75 Å². The highest BCUT2D eigenvalue weighted by Crippen LogP contribution is 2.25. The molecule has 0 aliphatic carbocycles. The second kappa shape index (κ2) is 15.4. The Labute approximate surface area is 271 Å². The van der Waals surface area contributed by atoms with Crippen molar-refractivity contribution in [1.29, 1.82) is 0 Å². The number of likely N-dealkylation sites (N-methyl/N-ethyl adjacent to an activating group) is 1. The zero-order chi connectivity index (χ0) is 34.1. The molecule has 3 N–H and O–H groups in total. The first-order valence-electron chi connectivity index (χ1n) is 15.2. The summed E-state index contributed by atoms with van der Waals surface area (Å²) in [4.78, 5) is 55.7. The van der Waals surface area contributed by atoms with E-state index in [1.165, 1.54) is 24.1 Å². The largest absolute Gasteiger partial charge is 0.508 e. The number of aromatic hydroxyl groups is 1. The number of benzene rings is 3. The van der Waals surface area contributed by atoms with Crippen LogP contribution in [0.2, 0.25) is 0 Å². The Bertz CT molecular complexity index is 1480. The summed E-state index contributed by atoms with van der Waals surface area (Å²) < 4.78 is 11.1. The van der Waals surface area contributed by atoms with Gasteiger partial charge >= 0.3 is 12.1 Å². The lowest BCUT2D eigenvalue weighted by molar-refractivity contribution is -0.159. The summed E-state index contributed by atoms with van der Waals surface area (Å²) in [5.41, 5.74) is 0.242. The predicted octanol–water partition coefficient (Wildman–Crippen LogP) is 5.10. The third kappa shape index (κ3) is 11.3. The number of phenols is 1. The van der Waals surface area contributed by atoms with Crippen molar-refractivity contribution < 1.29 is 33.8 Å². The number of nitrogens with zero attached hydrogens (tertiary/aromatic N) is 1. The molecule has 0 saturated heterocycles. The van der Waals surface area contributed by atoms with Crippen molar-refractivity contribution in [1.82, 2.24) is 15.5 Å². The maximum atomic E-state index is 14.2. The molecular weight excluding hydrogens is 586 g/mol. The van der Waals surface area contributed by atoms with Crippen LogP contribution in [0.3, 0.4) is 0 Å². The summed E-state index contributed by atoms with van der Waals surface area (Å²) >= 11 is 0. The highest BCUT2D eigenvalue weighted by atomic mass is 16.6. The Morgan fingerprint density at radius 1 is 0.717 bits per heavy atom. The van der Waals surface area contributed by atoms with Gasteiger partial charge in [-0.3, -0.25) is 9.59 Å². The van der Waals surface area contributed by atoms with Gasteiger partial charge in [0.15, 0.2) is 0 Å². The van der Waals surface area contributed by atoms with Gasteiger partial charge in [0.1, 0.15) is 35.1 Å². The van der Waals surface area contributed by atoms with Crippen LogP contribution in [0.15, 0.2) is 84.9 Å². The van der Waals surface area contributed by atoms with Gasteiger partial charge in [0.05, 0.1) is 0 Å². The molecule has 0 aliphatic rings. The van der Waals surface area contributed by atoms with Gasteiger partial charge in [0.2, 0.25) is 11.8 Å². The van der Waals surface area contributed by atoms with Gasteiger partial charge in [0.25, 0.3) is 0 Å². The van der Waals surface area contributed by atoms with Gasteiger partial charge in [-0.25, -0.2) is 9.59 Å². The highest BCUT2D eigenvalue weighted by Gasteiger charge is 2.37. The molecule has 0 saturated carbocycles. The van der Waals surface area contributed by atoms with E-state index in [1.807, 2.05) is 60.7 Å². The molecule has 0 radical (unpaired) electrons. The fourth-order valence-electron chi connectivity index (χ4n) is 4.79. The number of amides is 3. The number of esters is 1. The van der Waals surface area contributed by atoms with E-state index >= 15 is 0 Å². The second-order valence-electron chi connectivity index (χ2n) is 13.1. The summed E-state index contributed by atoms with van der Waals surface area (Å²) in [5.74, 6) is -2.02. The summed E-state index contributed by atoms with van der Waals surface area (Å²) in [5, 5.41) is 15.8. The third-order valence-corrected chi connectivity index (χ3v) is 6.73. The molecule has 3 rings (SSSR count). The van der Waals surface area contributed by atoms with Crippen LogP contribution in [0.1, 0.15) is 64.3 Å². The molecule has 0 bridgehead atoms. The van der Waals surface area contributed by atoms with Crippen LogP contribution in [0.25, 0.3) is 0 Å². The van der Waals surface area contributed by atoms with E-state index < -0.39 is 53.2 Å². The van der Waals surface area contributed by atoms with E-state index in [0.29, 0.717) is 5.56 Å². The molecule has 46 heavy (non-hydrogen) atoms. The summed E-state index contributed by atoms with van der Waals surface area (Å²) in [6.07, 6.45) is -0.532. The highest BCUT2D eigenvalue weighted by molar-refractivity contribution is 5.94. The lowest BCUT2D eigenvalue weighted by atomic mass is 9.99. The minimum Gasteiger partial charge on any atom is -0.508 e. The molecule has 0 fully saturated rings. The first kappa shape index (κ1) is 35.6. The molecule has 3 aromatic rings. The third-order valence-electron chi connectivity index (χ3n) is 6.73. The van der Waals surface area contributed by atoms with Crippen molar-refractivity contribution >= 4 is 23.9 Å². The van der Waals surface area contributed by atoms with Crippen molar-refractivity contribution in [2.24, 2.45) is 0 Å². The predicted molar refractivity (Wildman–Crippen MR) is 175 cm³/mol. The van der Waals surface area contributed by atoms with Crippen LogP contribution in [0, 0.1) is 0 Å². The number of carbonyl (C=O) groups is 4. The topological polar surface area (TPSA) is 134 Å². The molecule has 3 atom stereocenters. The van der Waals surface area contributed by atoms with Gasteiger partial charge in [-0.05, 0) is 70.4 Å². The van der Waals surface area contributed by atoms with E-state index in [2.05, 4.69) is 10.6 Å². The van der Waals surface area contributed by atoms with Crippen LogP contribution in [-0.4, -0.2) is 64.2 Å². The van der Waals surface area contributed by atoms with Crippen molar-refractivity contribution in [3.05, 3.63) is 102 Å². The van der Waals surface area contributed by atoms with E-state index in [1.54, 1.807) is 53.7 Å². The number of alkyl carbamates (subject to hydrolysis) is 1. The number of nitrogens with one attached hydrogen (secondary N) is 2. The fourth-order valence-corrected chi connectivity index (χ4v) is 4.79. The summed E-state index contributed by atoms with van der Waals surface area (Å²) in [6, 6.07) is 20.8. The smallest absolute Gasteiger partial charge is 0.408 e. The van der Waals surface area contributed by atoms with Gasteiger partial charge in [-0.1, -0.05) is 72.8 Å². The Kier molecular flexibility index (Phi) is 11.9. The molecule has 0 spiro atoms. The molecule has 0 heterocycles. The lowest BCUT2D eigenvalue weighted by Crippen LogP contribution is -2.54. The van der Waals surface area contributed by atoms with Crippen LogP contribution >= 0.6 is 0 Å². The summed E-state index contributed by atoms with van der Waals surface area (Å²) in [6.45, 7) is 10.3. The zero-order valence-corrected chi connectivity index (χ0v) is 27.6. The Morgan fingerprint density at radius 3 is 1.74 bits per heavy atom. The van der Waals surface area contributed by atoms with Gasteiger partial charge < -0.3 is 30.1 Å². The number of rotatable bonds is 11. The molecule has 0 aliphatic heterocycles. The second-order valence-corrected chi connectivity index (χ2v) is 13.1. The number of phenolic OH excluding ortho intramolecular Hbond substituents is 1. The lowest BCUT2D eigenvalue weighted by Gasteiger charge is -2.33. The number of hydrogen-bond acceptors (Lipinski definition) is 7. The van der Waals surface area contributed by atoms with Gasteiger partial charge in [-0.15, -0.1) is 0 Å². The van der Waals surface area contributed by atoms with E-state index in [-0.39, 0.29) is 18.6 Å². The molecule has 3 unspecified atom stereocenters. The Morgan fingerprint density at radius 2 is 1.24 bits per heavy atom. The molecule has 3 aromatic carbocycles. The van der Waals surface area contributed by atoms with Crippen LogP contribution in [-0.2, 0) is 36.7 Å². The van der Waals surface area contributed by atoms with Crippen LogP contribution in [0.4, 0.5) is 4.79 Å². The quantitative estimate of drug-likeness (QED) is 0.251. The van der Waals surface area contributed by atoms with Crippen LogP contribution < -0.4 is 10.6 Å². The molecule has 3 amide bonds. The first-order chi connectivity index (χ1) is 21.5. The summed E-state index contributed by atoms with van der Waals surface area (Å²) in [7, 11) is 1.44. The molecular formula is C36H45N3O7. The molecule has 10 nitrogen and oxygen atoms in total. The maximum absolute atomic E-state index is 14.2. The fraction of sp³-hybridized carbons (Fsp3) is 0.389. The molecule has 10 heteroatoms. The van der Waals surface area contributed by atoms with Crippen molar-refractivity contribution in [2.75, 3.05) is 7.05 Å². The van der Waals surface area contributed by atoms with E-state index in [0.717, 1.165) is 11.1 Å². The SMILES string of the molecule is CN(C(=O)C(Cc1ccccc1)NC(=O)OC(C)(C)C)C(C(=O)NC(Cc1ccccc1)C(=O)OC(C)(C)C)c1cccc(O)c1. The number of hydrogen-bond donors (Lipinski definition) is 3. The van der Waals surface area contributed by atoms with Gasteiger partial charge in [0, 0.05) is 19.9 Å². The molecule has 0 aromatic heterocycles. The Hall–Kier alpha value is -4.86. The Balaban J connectivity index is 1.99.